The van der Waals surface area contributed by atoms with Crippen LogP contribution in [0, 0.1) is 12.8 Å². The molecule has 130 valence electrons. The highest BCUT2D eigenvalue weighted by atomic mass is 16.3. The van der Waals surface area contributed by atoms with Crippen LogP contribution in [0.4, 0.5) is 0 Å². The number of nitrogens with zero attached hydrogens (tertiary/aromatic N) is 1. The third-order valence-electron chi connectivity index (χ3n) is 4.89. The molecular weight excluding hydrogens is 306 g/mol. The maximum Gasteiger partial charge on any atom is 0.290 e. The van der Waals surface area contributed by atoms with E-state index in [4.69, 9.17) is 4.42 Å². The molecular formula is C19H25NO4. The highest BCUT2D eigenvalue weighted by molar-refractivity contribution is 6.09. The van der Waals surface area contributed by atoms with Crippen molar-refractivity contribution in [3.8, 4) is 0 Å². The zero-order valence-electron chi connectivity index (χ0n) is 14.5. The molecule has 0 saturated heterocycles. The predicted molar refractivity (Wildman–Crippen MR) is 89.4 cm³/mol. The first-order chi connectivity index (χ1) is 11.4. The van der Waals surface area contributed by atoms with Crippen LogP contribution in [-0.2, 0) is 9.59 Å². The lowest BCUT2D eigenvalue weighted by Gasteiger charge is -2.30. The van der Waals surface area contributed by atoms with E-state index in [1.807, 2.05) is 26.8 Å². The van der Waals surface area contributed by atoms with Crippen LogP contribution in [0.2, 0.25) is 0 Å². The standard InChI is InChI=1S/C19H25NO4/c1-11(2)10-14(21)16-17(15-9-8-12(3)24-15)20(19(23)18(16)22)13-6-4-5-7-13/h8-9,11,13,17,22H,4-7,10H2,1-3H3. The van der Waals surface area contributed by atoms with Crippen LogP contribution in [0.5, 0.6) is 0 Å². The van der Waals surface area contributed by atoms with Crippen molar-refractivity contribution in [1.29, 1.82) is 0 Å². The van der Waals surface area contributed by atoms with Crippen LogP contribution in [0.25, 0.3) is 0 Å². The molecule has 24 heavy (non-hydrogen) atoms. The van der Waals surface area contributed by atoms with Gasteiger partial charge in [-0.15, -0.1) is 0 Å². The van der Waals surface area contributed by atoms with Gasteiger partial charge in [0.2, 0.25) is 0 Å². The molecule has 1 atom stereocenters. The summed E-state index contributed by atoms with van der Waals surface area (Å²) >= 11 is 0. The topological polar surface area (TPSA) is 70.8 Å². The fourth-order valence-electron chi connectivity index (χ4n) is 3.83. The van der Waals surface area contributed by atoms with E-state index in [9.17, 15) is 14.7 Å². The molecule has 2 heterocycles. The van der Waals surface area contributed by atoms with Crippen molar-refractivity contribution < 1.29 is 19.1 Å². The summed E-state index contributed by atoms with van der Waals surface area (Å²) in [4.78, 5) is 27.1. The zero-order valence-corrected chi connectivity index (χ0v) is 14.5. The Bertz CT molecular complexity index is 679. The Labute approximate surface area is 142 Å². The van der Waals surface area contributed by atoms with Crippen molar-refractivity contribution >= 4 is 11.7 Å². The molecule has 1 aliphatic carbocycles. The Kier molecular flexibility index (Phi) is 4.52. The van der Waals surface area contributed by atoms with E-state index < -0.39 is 17.7 Å². The molecule has 2 aliphatic rings. The number of hydrogen-bond donors (Lipinski definition) is 1. The van der Waals surface area contributed by atoms with Gasteiger partial charge in [0.25, 0.3) is 5.91 Å². The summed E-state index contributed by atoms with van der Waals surface area (Å²) in [6.07, 6.45) is 4.24. The Morgan fingerprint density at radius 1 is 1.33 bits per heavy atom. The molecule has 1 aromatic rings. The lowest BCUT2D eigenvalue weighted by Crippen LogP contribution is -2.38. The van der Waals surface area contributed by atoms with Gasteiger partial charge in [-0.1, -0.05) is 26.7 Å². The Morgan fingerprint density at radius 3 is 2.54 bits per heavy atom. The van der Waals surface area contributed by atoms with E-state index in [2.05, 4.69) is 0 Å². The summed E-state index contributed by atoms with van der Waals surface area (Å²) in [5, 5.41) is 10.4. The molecule has 0 radical (unpaired) electrons. The van der Waals surface area contributed by atoms with Crippen molar-refractivity contribution in [2.75, 3.05) is 0 Å². The molecule has 1 aromatic heterocycles. The molecule has 5 heteroatoms. The number of amides is 1. The number of ketones is 1. The third-order valence-corrected chi connectivity index (χ3v) is 4.89. The molecule has 1 amide bonds. The zero-order chi connectivity index (χ0) is 17.4. The number of carbonyl (C=O) groups is 2. The minimum Gasteiger partial charge on any atom is -0.503 e. The van der Waals surface area contributed by atoms with E-state index in [1.165, 1.54) is 0 Å². The second-order valence-electron chi connectivity index (χ2n) is 7.29. The number of aliphatic hydroxyl groups excluding tert-OH is 1. The molecule has 1 fully saturated rings. The van der Waals surface area contributed by atoms with Gasteiger partial charge in [-0.2, -0.15) is 0 Å². The molecule has 0 spiro atoms. The second kappa shape index (κ2) is 6.46. The second-order valence-corrected chi connectivity index (χ2v) is 7.29. The van der Waals surface area contributed by atoms with Gasteiger partial charge < -0.3 is 14.4 Å². The molecule has 1 saturated carbocycles. The van der Waals surface area contributed by atoms with Crippen LogP contribution in [0.3, 0.4) is 0 Å². The van der Waals surface area contributed by atoms with E-state index >= 15 is 0 Å². The summed E-state index contributed by atoms with van der Waals surface area (Å²) in [6, 6.07) is 3.09. The molecule has 1 N–H and O–H groups in total. The van der Waals surface area contributed by atoms with E-state index in [0.29, 0.717) is 12.2 Å². The number of hydrogen-bond acceptors (Lipinski definition) is 4. The molecule has 3 rings (SSSR count). The maximum absolute atomic E-state index is 12.7. The fraction of sp³-hybridized carbons (Fsp3) is 0.579. The first kappa shape index (κ1) is 16.8. The van der Waals surface area contributed by atoms with E-state index in [0.717, 1.165) is 31.4 Å². The number of rotatable bonds is 5. The highest BCUT2D eigenvalue weighted by Crippen LogP contribution is 2.43. The van der Waals surface area contributed by atoms with Crippen molar-refractivity contribution in [2.45, 2.75) is 65.0 Å². The summed E-state index contributed by atoms with van der Waals surface area (Å²) < 4.78 is 5.75. The lowest BCUT2D eigenvalue weighted by atomic mass is 9.94. The Hall–Kier alpha value is -2.04. The largest absolute Gasteiger partial charge is 0.503 e. The molecule has 0 bridgehead atoms. The lowest BCUT2D eigenvalue weighted by molar-refractivity contribution is -0.132. The quantitative estimate of drug-likeness (QED) is 0.890. The third kappa shape index (κ3) is 2.87. The van der Waals surface area contributed by atoms with Crippen LogP contribution in [0.15, 0.2) is 27.9 Å². The minimum absolute atomic E-state index is 0.0550. The molecule has 5 nitrogen and oxygen atoms in total. The first-order valence-corrected chi connectivity index (χ1v) is 8.75. The summed E-state index contributed by atoms with van der Waals surface area (Å²) in [7, 11) is 0. The highest BCUT2D eigenvalue weighted by Gasteiger charge is 2.48. The van der Waals surface area contributed by atoms with Gasteiger partial charge in [0.05, 0.1) is 5.57 Å². The van der Waals surface area contributed by atoms with Gasteiger partial charge in [0.1, 0.15) is 17.6 Å². The van der Waals surface area contributed by atoms with Gasteiger partial charge in [-0.25, -0.2) is 0 Å². The average Bonchev–Trinajstić information content (AvgIpc) is 3.20. The first-order valence-electron chi connectivity index (χ1n) is 8.75. The van der Waals surface area contributed by atoms with Crippen molar-refractivity contribution in [3.05, 3.63) is 35.0 Å². The number of Topliss-reactive ketones (excluding diaryl/α,β-unsaturated/α-hetero) is 1. The van der Waals surface area contributed by atoms with Gasteiger partial charge in [0, 0.05) is 12.5 Å². The van der Waals surface area contributed by atoms with Crippen LogP contribution < -0.4 is 0 Å². The normalized spacial score (nSPS) is 22.2. The van der Waals surface area contributed by atoms with Gasteiger partial charge >= 0.3 is 0 Å². The Morgan fingerprint density at radius 2 is 2.00 bits per heavy atom. The van der Waals surface area contributed by atoms with Crippen molar-refractivity contribution in [3.63, 3.8) is 0 Å². The van der Waals surface area contributed by atoms with Gasteiger partial charge in [0.15, 0.2) is 11.5 Å². The smallest absolute Gasteiger partial charge is 0.290 e. The number of aryl methyl sites for hydroxylation is 1. The van der Waals surface area contributed by atoms with Gasteiger partial charge in [-0.3, -0.25) is 9.59 Å². The fourth-order valence-corrected chi connectivity index (χ4v) is 3.83. The van der Waals surface area contributed by atoms with Crippen molar-refractivity contribution in [2.24, 2.45) is 5.92 Å². The Balaban J connectivity index is 2.03. The minimum atomic E-state index is -0.597. The number of carbonyl (C=O) groups excluding carboxylic acids is 2. The van der Waals surface area contributed by atoms with E-state index in [-0.39, 0.29) is 23.3 Å². The SMILES string of the molecule is Cc1ccc(C2C(C(=O)CC(C)C)=C(O)C(=O)N2C2CCCC2)o1. The summed E-state index contributed by atoms with van der Waals surface area (Å²) in [6.45, 7) is 5.74. The molecule has 1 unspecified atom stereocenters. The van der Waals surface area contributed by atoms with Crippen LogP contribution in [-0.4, -0.2) is 27.7 Å². The summed E-state index contributed by atoms with van der Waals surface area (Å²) in [5.74, 6) is 0.442. The molecule has 0 aromatic carbocycles. The number of aliphatic hydroxyl groups is 1. The van der Waals surface area contributed by atoms with Gasteiger partial charge in [-0.05, 0) is 37.8 Å². The van der Waals surface area contributed by atoms with Crippen molar-refractivity contribution in [1.82, 2.24) is 4.90 Å². The summed E-state index contributed by atoms with van der Waals surface area (Å²) in [5.41, 5.74) is 0.204. The maximum atomic E-state index is 12.7. The van der Waals surface area contributed by atoms with Crippen LogP contribution >= 0.6 is 0 Å². The number of furan rings is 1. The van der Waals surface area contributed by atoms with Crippen LogP contribution in [0.1, 0.15) is 63.5 Å². The molecule has 1 aliphatic heterocycles. The van der Waals surface area contributed by atoms with E-state index in [1.54, 1.807) is 11.0 Å². The predicted octanol–water partition coefficient (Wildman–Crippen LogP) is 3.84. The average molecular weight is 331 g/mol. The monoisotopic (exact) mass is 331 g/mol.